The van der Waals surface area contributed by atoms with Gasteiger partial charge >= 0.3 is 0 Å². The average Bonchev–Trinajstić information content (AvgIpc) is 3.26. The van der Waals surface area contributed by atoms with Gasteiger partial charge in [-0.05, 0) is 88.1 Å². The van der Waals surface area contributed by atoms with Crippen LogP contribution in [0.1, 0.15) is 42.6 Å². The number of sulfonamides is 1. The molecule has 2 heterocycles. The van der Waals surface area contributed by atoms with Gasteiger partial charge in [-0.25, -0.2) is 13.4 Å². The average molecular weight is 529 g/mol. The van der Waals surface area contributed by atoms with Crippen LogP contribution in [0.25, 0.3) is 10.2 Å². The van der Waals surface area contributed by atoms with E-state index in [0.717, 1.165) is 35.2 Å². The molecule has 7 nitrogen and oxygen atoms in total. The summed E-state index contributed by atoms with van der Waals surface area (Å²) in [6, 6.07) is 12.4. The van der Waals surface area contributed by atoms with Crippen molar-refractivity contribution >= 4 is 42.6 Å². The molecule has 2 aromatic carbocycles. The second-order valence-electron chi connectivity index (χ2n) is 10.3. The largest absolute Gasteiger partial charge is 0.309 e. The summed E-state index contributed by atoms with van der Waals surface area (Å²) in [5.74, 6) is 0.490. The summed E-state index contributed by atoms with van der Waals surface area (Å²) in [6.45, 7) is 8.64. The van der Waals surface area contributed by atoms with Crippen LogP contribution in [0.3, 0.4) is 0 Å². The van der Waals surface area contributed by atoms with Gasteiger partial charge in [0.2, 0.25) is 10.0 Å². The number of nitrogens with zero attached hydrogens (tertiary/aromatic N) is 4. The van der Waals surface area contributed by atoms with Crippen LogP contribution < -0.4 is 4.90 Å². The highest BCUT2D eigenvalue weighted by molar-refractivity contribution is 7.89. The molecule has 1 fully saturated rings. The summed E-state index contributed by atoms with van der Waals surface area (Å²) < 4.78 is 29.2. The Labute approximate surface area is 218 Å². The molecule has 0 aliphatic carbocycles. The molecule has 0 radical (unpaired) electrons. The van der Waals surface area contributed by atoms with Gasteiger partial charge in [-0.2, -0.15) is 4.31 Å². The highest BCUT2D eigenvalue weighted by Gasteiger charge is 2.32. The molecule has 2 unspecified atom stereocenters. The summed E-state index contributed by atoms with van der Waals surface area (Å²) >= 11 is 1.51. The minimum Gasteiger partial charge on any atom is -0.309 e. The molecular formula is C27H36N4O3S2. The molecule has 0 saturated carbocycles. The first-order chi connectivity index (χ1) is 17.1. The summed E-state index contributed by atoms with van der Waals surface area (Å²) in [5.41, 5.74) is 2.44. The molecule has 9 heteroatoms. The Bertz CT molecular complexity index is 1310. The standard InChI is InChI=1S/C27H36N4O3S2/c1-19-16-20(2)18-30(17-19)36(33,34)23-12-10-22(11-13-23)26(32)31(15-7-14-29(4)5)27-28-25-21(3)8-6-9-24(25)35-27/h6,8-13,19-20H,7,14-18H2,1-5H3. The van der Waals surface area contributed by atoms with E-state index in [2.05, 4.69) is 18.7 Å². The van der Waals surface area contributed by atoms with Gasteiger partial charge in [-0.1, -0.05) is 37.3 Å². The van der Waals surface area contributed by atoms with Crippen LogP contribution in [0.5, 0.6) is 0 Å². The van der Waals surface area contributed by atoms with Crippen molar-refractivity contribution in [1.82, 2.24) is 14.2 Å². The van der Waals surface area contributed by atoms with Gasteiger partial charge in [0.1, 0.15) is 0 Å². The maximum Gasteiger partial charge on any atom is 0.260 e. The minimum absolute atomic E-state index is 0.172. The van der Waals surface area contributed by atoms with Gasteiger partial charge in [0.15, 0.2) is 5.13 Å². The van der Waals surface area contributed by atoms with Gasteiger partial charge in [0.25, 0.3) is 5.91 Å². The summed E-state index contributed by atoms with van der Waals surface area (Å²) in [7, 11) is 0.424. The number of hydrogen-bond donors (Lipinski definition) is 0. The zero-order valence-corrected chi connectivity index (χ0v) is 23.4. The Morgan fingerprint density at radius 3 is 2.33 bits per heavy atom. The summed E-state index contributed by atoms with van der Waals surface area (Å²) in [5, 5.41) is 0.663. The number of hydrogen-bond acceptors (Lipinski definition) is 6. The fraction of sp³-hybridized carbons (Fsp3) is 0.481. The van der Waals surface area contributed by atoms with Crippen LogP contribution in [-0.2, 0) is 10.0 Å². The van der Waals surface area contributed by atoms with Crippen molar-refractivity contribution in [3.63, 3.8) is 0 Å². The Hall–Kier alpha value is -2.33. The molecule has 36 heavy (non-hydrogen) atoms. The van der Waals surface area contributed by atoms with Crippen LogP contribution in [0.4, 0.5) is 5.13 Å². The molecule has 0 spiro atoms. The van der Waals surface area contributed by atoms with Gasteiger partial charge in [0.05, 0.1) is 15.1 Å². The molecule has 1 aliphatic heterocycles. The molecule has 0 bridgehead atoms. The van der Waals surface area contributed by atoms with Crippen molar-refractivity contribution in [2.75, 3.05) is 45.2 Å². The third-order valence-corrected chi connectivity index (χ3v) is 9.54. The maximum absolute atomic E-state index is 13.7. The number of thiazole rings is 1. The molecule has 194 valence electrons. The molecule has 3 aromatic rings. The van der Waals surface area contributed by atoms with E-state index in [1.54, 1.807) is 33.5 Å². The Morgan fingerprint density at radius 1 is 1.06 bits per heavy atom. The first kappa shape index (κ1) is 26.7. The summed E-state index contributed by atoms with van der Waals surface area (Å²) in [6.07, 6.45) is 1.83. The van der Waals surface area contributed by atoms with Crippen LogP contribution in [0.15, 0.2) is 47.4 Å². The number of piperidine rings is 1. The minimum atomic E-state index is -3.60. The van der Waals surface area contributed by atoms with Gasteiger partial charge in [-0.3, -0.25) is 9.69 Å². The number of para-hydroxylation sites is 1. The van der Waals surface area contributed by atoms with Crippen LogP contribution in [0, 0.1) is 18.8 Å². The van der Waals surface area contributed by atoms with E-state index in [4.69, 9.17) is 4.98 Å². The predicted octanol–water partition coefficient (Wildman–Crippen LogP) is 4.87. The lowest BCUT2D eigenvalue weighted by atomic mass is 9.94. The number of carbonyl (C=O) groups excluding carboxylic acids is 1. The lowest BCUT2D eigenvalue weighted by Gasteiger charge is -2.34. The third kappa shape index (κ3) is 5.80. The second kappa shape index (κ2) is 11.0. The molecule has 2 atom stereocenters. The van der Waals surface area contributed by atoms with Gasteiger partial charge in [-0.15, -0.1) is 0 Å². The highest BCUT2D eigenvalue weighted by atomic mass is 32.2. The number of fused-ring (bicyclic) bond motifs is 1. The number of benzene rings is 2. The van der Waals surface area contributed by atoms with Gasteiger partial charge < -0.3 is 4.90 Å². The number of aromatic nitrogens is 1. The zero-order chi connectivity index (χ0) is 26.0. The molecule has 1 amide bonds. The van der Waals surface area contributed by atoms with Crippen molar-refractivity contribution in [2.24, 2.45) is 11.8 Å². The van der Waals surface area contributed by atoms with Crippen molar-refractivity contribution in [3.8, 4) is 0 Å². The smallest absolute Gasteiger partial charge is 0.260 e. The quantitative estimate of drug-likeness (QED) is 0.417. The lowest BCUT2D eigenvalue weighted by Crippen LogP contribution is -2.42. The van der Waals surface area contributed by atoms with Crippen molar-refractivity contribution in [1.29, 1.82) is 0 Å². The van der Waals surface area contributed by atoms with Gasteiger partial charge in [0, 0.05) is 25.2 Å². The number of carbonyl (C=O) groups is 1. The Balaban J connectivity index is 1.60. The SMILES string of the molecule is Cc1cccc2sc(N(CCCN(C)C)C(=O)c3ccc(S(=O)(=O)N4CC(C)CC(C)C4)cc3)nc12. The van der Waals surface area contributed by atoms with Crippen molar-refractivity contribution < 1.29 is 13.2 Å². The van der Waals surface area contributed by atoms with Crippen LogP contribution >= 0.6 is 11.3 Å². The van der Waals surface area contributed by atoms with Crippen LogP contribution in [0.2, 0.25) is 0 Å². The number of aryl methyl sites for hydroxylation is 1. The first-order valence-electron chi connectivity index (χ1n) is 12.5. The Kier molecular flexibility index (Phi) is 8.14. The van der Waals surface area contributed by atoms with E-state index in [1.165, 1.54) is 11.3 Å². The third-order valence-electron chi connectivity index (χ3n) is 6.65. The first-order valence-corrected chi connectivity index (χ1v) is 14.7. The van der Waals surface area contributed by atoms with E-state index in [1.807, 2.05) is 39.2 Å². The highest BCUT2D eigenvalue weighted by Crippen LogP contribution is 2.32. The van der Waals surface area contributed by atoms with Crippen LogP contribution in [-0.4, -0.2) is 68.8 Å². The van der Waals surface area contributed by atoms with Crippen molar-refractivity contribution in [2.45, 2.75) is 38.5 Å². The molecule has 1 aromatic heterocycles. The fourth-order valence-corrected chi connectivity index (χ4v) is 7.64. The molecule has 4 rings (SSSR count). The number of amides is 1. The van der Waals surface area contributed by atoms with Crippen molar-refractivity contribution in [3.05, 3.63) is 53.6 Å². The molecule has 1 aliphatic rings. The second-order valence-corrected chi connectivity index (χ2v) is 13.3. The van der Waals surface area contributed by atoms with E-state index < -0.39 is 10.0 Å². The van der Waals surface area contributed by atoms with E-state index >= 15 is 0 Å². The normalized spacial score (nSPS) is 19.2. The zero-order valence-electron chi connectivity index (χ0n) is 21.8. The van der Waals surface area contributed by atoms with E-state index in [9.17, 15) is 13.2 Å². The van der Waals surface area contributed by atoms with E-state index in [0.29, 0.717) is 42.2 Å². The monoisotopic (exact) mass is 528 g/mol. The molecule has 1 saturated heterocycles. The topological polar surface area (TPSA) is 73.8 Å². The fourth-order valence-electron chi connectivity index (χ4n) is 4.90. The maximum atomic E-state index is 13.7. The number of rotatable bonds is 8. The molecule has 0 N–H and O–H groups in total. The Morgan fingerprint density at radius 2 is 1.72 bits per heavy atom. The predicted molar refractivity (Wildman–Crippen MR) is 147 cm³/mol. The summed E-state index contributed by atoms with van der Waals surface area (Å²) in [4.78, 5) is 22.5. The molecular weight excluding hydrogens is 492 g/mol. The number of anilines is 1. The lowest BCUT2D eigenvalue weighted by molar-refractivity contribution is 0.0986. The van der Waals surface area contributed by atoms with E-state index in [-0.39, 0.29) is 10.8 Å².